The zero-order chi connectivity index (χ0) is 15.2. The summed E-state index contributed by atoms with van der Waals surface area (Å²) < 4.78 is 0. The number of nitrogens with two attached hydrogens (primary N) is 1. The summed E-state index contributed by atoms with van der Waals surface area (Å²) in [5.41, 5.74) is 6.45. The number of rotatable bonds is 5. The Morgan fingerprint density at radius 3 is 2.38 bits per heavy atom. The number of amides is 1. The van der Waals surface area contributed by atoms with Gasteiger partial charge in [0.15, 0.2) is 0 Å². The standard InChI is InChI=1S/C17H26N2OS/c1-12(2)21-16-9-5-14(6-10-16)17(20)19-15-7-3-13(11-18)4-8-15/h5-6,9-10,12-13,15H,3-4,7-8,11,18H2,1-2H3,(H,19,20). The molecule has 0 heterocycles. The smallest absolute Gasteiger partial charge is 0.251 e. The van der Waals surface area contributed by atoms with E-state index in [0.29, 0.717) is 17.2 Å². The van der Waals surface area contributed by atoms with E-state index in [9.17, 15) is 4.79 Å². The Labute approximate surface area is 132 Å². The van der Waals surface area contributed by atoms with Crippen molar-refractivity contribution < 1.29 is 4.79 Å². The zero-order valence-electron chi connectivity index (χ0n) is 13.0. The van der Waals surface area contributed by atoms with Crippen molar-refractivity contribution in [3.63, 3.8) is 0 Å². The van der Waals surface area contributed by atoms with Crippen LogP contribution in [0.25, 0.3) is 0 Å². The van der Waals surface area contributed by atoms with Crippen LogP contribution < -0.4 is 11.1 Å². The molecule has 1 aromatic rings. The molecule has 1 aliphatic rings. The molecule has 1 amide bonds. The molecule has 0 atom stereocenters. The lowest BCUT2D eigenvalue weighted by atomic mass is 9.86. The molecular formula is C17H26N2OS. The van der Waals surface area contributed by atoms with Crippen LogP contribution in [-0.4, -0.2) is 23.7 Å². The molecule has 0 spiro atoms. The van der Waals surface area contributed by atoms with Gasteiger partial charge in [0.2, 0.25) is 0 Å². The average Bonchev–Trinajstić information content (AvgIpc) is 2.48. The van der Waals surface area contributed by atoms with Crippen LogP contribution in [0, 0.1) is 5.92 Å². The first-order valence-electron chi connectivity index (χ1n) is 7.86. The maximum atomic E-state index is 12.3. The van der Waals surface area contributed by atoms with Crippen LogP contribution in [-0.2, 0) is 0 Å². The van der Waals surface area contributed by atoms with E-state index in [1.54, 1.807) is 0 Å². The average molecular weight is 306 g/mol. The van der Waals surface area contributed by atoms with Crippen molar-refractivity contribution in [1.82, 2.24) is 5.32 Å². The monoisotopic (exact) mass is 306 g/mol. The van der Waals surface area contributed by atoms with E-state index in [-0.39, 0.29) is 5.91 Å². The fourth-order valence-corrected chi connectivity index (χ4v) is 3.61. The molecule has 3 nitrogen and oxygen atoms in total. The molecule has 1 saturated carbocycles. The Morgan fingerprint density at radius 2 is 1.86 bits per heavy atom. The summed E-state index contributed by atoms with van der Waals surface area (Å²) in [5.74, 6) is 0.692. The molecule has 4 heteroatoms. The van der Waals surface area contributed by atoms with Crippen molar-refractivity contribution in [2.75, 3.05) is 6.54 Å². The molecular weight excluding hydrogens is 280 g/mol. The Bertz CT molecular complexity index is 450. The summed E-state index contributed by atoms with van der Waals surface area (Å²) >= 11 is 1.81. The van der Waals surface area contributed by atoms with Crippen molar-refractivity contribution in [3.8, 4) is 0 Å². The van der Waals surface area contributed by atoms with E-state index < -0.39 is 0 Å². The van der Waals surface area contributed by atoms with Crippen molar-refractivity contribution in [2.24, 2.45) is 11.7 Å². The molecule has 21 heavy (non-hydrogen) atoms. The first kappa shape index (κ1) is 16.4. The quantitative estimate of drug-likeness (QED) is 0.819. The summed E-state index contributed by atoms with van der Waals surface area (Å²) in [7, 11) is 0. The Hall–Kier alpha value is -1.00. The lowest BCUT2D eigenvalue weighted by molar-refractivity contribution is 0.0922. The van der Waals surface area contributed by atoms with Crippen molar-refractivity contribution in [2.45, 2.75) is 55.7 Å². The number of nitrogens with one attached hydrogen (secondary N) is 1. The van der Waals surface area contributed by atoms with E-state index in [1.165, 1.54) is 4.90 Å². The molecule has 0 bridgehead atoms. The minimum absolute atomic E-state index is 0.0484. The third kappa shape index (κ3) is 5.04. The molecule has 116 valence electrons. The van der Waals surface area contributed by atoms with Crippen LogP contribution >= 0.6 is 11.8 Å². The molecule has 0 unspecified atom stereocenters. The van der Waals surface area contributed by atoms with Gasteiger partial charge in [-0.2, -0.15) is 0 Å². The number of benzene rings is 1. The third-order valence-electron chi connectivity index (χ3n) is 4.00. The van der Waals surface area contributed by atoms with Gasteiger partial charge in [0.05, 0.1) is 0 Å². The first-order valence-corrected chi connectivity index (χ1v) is 8.74. The van der Waals surface area contributed by atoms with Gasteiger partial charge in [-0.05, 0) is 62.4 Å². The lowest BCUT2D eigenvalue weighted by Gasteiger charge is -2.28. The van der Waals surface area contributed by atoms with Crippen LogP contribution in [0.3, 0.4) is 0 Å². The zero-order valence-corrected chi connectivity index (χ0v) is 13.8. The van der Waals surface area contributed by atoms with Crippen LogP contribution in [0.4, 0.5) is 0 Å². The maximum absolute atomic E-state index is 12.3. The minimum Gasteiger partial charge on any atom is -0.349 e. The van der Waals surface area contributed by atoms with Gasteiger partial charge in [0.1, 0.15) is 0 Å². The summed E-state index contributed by atoms with van der Waals surface area (Å²) in [6.45, 7) is 5.11. The summed E-state index contributed by atoms with van der Waals surface area (Å²) in [6.07, 6.45) is 4.36. The number of carbonyl (C=O) groups excluding carboxylic acids is 1. The highest BCUT2D eigenvalue weighted by atomic mass is 32.2. The molecule has 0 aliphatic heterocycles. The van der Waals surface area contributed by atoms with Crippen molar-refractivity contribution in [1.29, 1.82) is 0 Å². The first-order chi connectivity index (χ1) is 10.1. The Balaban J connectivity index is 1.86. The Kier molecular flexibility index (Phi) is 6.12. The lowest BCUT2D eigenvalue weighted by Crippen LogP contribution is -2.38. The van der Waals surface area contributed by atoms with Crippen molar-refractivity contribution in [3.05, 3.63) is 29.8 Å². The van der Waals surface area contributed by atoms with Crippen LogP contribution in [0.5, 0.6) is 0 Å². The van der Waals surface area contributed by atoms with Gasteiger partial charge in [-0.3, -0.25) is 4.79 Å². The maximum Gasteiger partial charge on any atom is 0.251 e. The molecule has 1 aliphatic carbocycles. The van der Waals surface area contributed by atoms with Crippen LogP contribution in [0.1, 0.15) is 49.9 Å². The minimum atomic E-state index is 0.0484. The summed E-state index contributed by atoms with van der Waals surface area (Å²) in [4.78, 5) is 13.5. The summed E-state index contributed by atoms with van der Waals surface area (Å²) in [6, 6.07) is 8.22. The largest absolute Gasteiger partial charge is 0.349 e. The van der Waals surface area contributed by atoms with Gasteiger partial charge in [-0.1, -0.05) is 13.8 Å². The highest BCUT2D eigenvalue weighted by Crippen LogP contribution is 2.25. The van der Waals surface area contributed by atoms with E-state index in [0.717, 1.165) is 37.8 Å². The molecule has 2 rings (SSSR count). The molecule has 3 N–H and O–H groups in total. The van der Waals surface area contributed by atoms with Gasteiger partial charge in [-0.15, -0.1) is 11.8 Å². The van der Waals surface area contributed by atoms with E-state index >= 15 is 0 Å². The second-order valence-corrected chi connectivity index (χ2v) is 7.77. The highest BCUT2D eigenvalue weighted by molar-refractivity contribution is 7.99. The number of thioether (sulfide) groups is 1. The molecule has 0 saturated heterocycles. The van der Waals surface area contributed by atoms with E-state index in [4.69, 9.17) is 5.73 Å². The normalized spacial score (nSPS) is 22.3. The topological polar surface area (TPSA) is 55.1 Å². The van der Waals surface area contributed by atoms with E-state index in [1.807, 2.05) is 36.0 Å². The summed E-state index contributed by atoms with van der Waals surface area (Å²) in [5, 5.41) is 3.71. The molecule has 1 aromatic carbocycles. The van der Waals surface area contributed by atoms with Gasteiger partial charge in [0, 0.05) is 21.8 Å². The SMILES string of the molecule is CC(C)Sc1ccc(C(=O)NC2CCC(CN)CC2)cc1. The number of hydrogen-bond donors (Lipinski definition) is 2. The number of hydrogen-bond acceptors (Lipinski definition) is 3. The highest BCUT2D eigenvalue weighted by Gasteiger charge is 2.21. The second kappa shape index (κ2) is 7.85. The second-order valence-electron chi connectivity index (χ2n) is 6.12. The fraction of sp³-hybridized carbons (Fsp3) is 0.588. The third-order valence-corrected chi connectivity index (χ3v) is 5.02. The van der Waals surface area contributed by atoms with Gasteiger partial charge < -0.3 is 11.1 Å². The van der Waals surface area contributed by atoms with Gasteiger partial charge in [0.25, 0.3) is 5.91 Å². The van der Waals surface area contributed by atoms with Gasteiger partial charge in [-0.25, -0.2) is 0 Å². The molecule has 0 radical (unpaired) electrons. The molecule has 0 aromatic heterocycles. The molecule has 1 fully saturated rings. The van der Waals surface area contributed by atoms with E-state index in [2.05, 4.69) is 19.2 Å². The predicted molar refractivity (Wildman–Crippen MR) is 89.7 cm³/mol. The number of carbonyl (C=O) groups is 1. The van der Waals surface area contributed by atoms with Gasteiger partial charge >= 0.3 is 0 Å². The fourth-order valence-electron chi connectivity index (χ4n) is 2.77. The predicted octanol–water partition coefficient (Wildman–Crippen LogP) is 3.43. The van der Waals surface area contributed by atoms with Crippen LogP contribution in [0.15, 0.2) is 29.2 Å². The Morgan fingerprint density at radius 1 is 1.24 bits per heavy atom. The van der Waals surface area contributed by atoms with Crippen molar-refractivity contribution >= 4 is 17.7 Å². The van der Waals surface area contributed by atoms with Crippen LogP contribution in [0.2, 0.25) is 0 Å².